The van der Waals surface area contributed by atoms with Crippen LogP contribution in [0.2, 0.25) is 20.1 Å². The molecule has 5 nitrogen and oxygen atoms in total. The van der Waals surface area contributed by atoms with Crippen molar-refractivity contribution in [2.75, 3.05) is 18.4 Å². The van der Waals surface area contributed by atoms with Crippen molar-refractivity contribution in [3.8, 4) is 0 Å². The molecule has 0 unspecified atom stereocenters. The Bertz CT molecular complexity index is 935. The molecule has 140 valence electrons. The lowest BCUT2D eigenvalue weighted by molar-refractivity contribution is -0.116. The van der Waals surface area contributed by atoms with Crippen LogP contribution in [-0.2, 0) is 14.8 Å². The van der Waals surface area contributed by atoms with Gasteiger partial charge in [-0.2, -0.15) is 4.31 Å². The Labute approximate surface area is 171 Å². The van der Waals surface area contributed by atoms with Crippen LogP contribution in [0, 0.1) is 0 Å². The predicted molar refractivity (Wildman–Crippen MR) is 106 cm³/mol. The first-order valence-electron chi connectivity index (χ1n) is 7.36. The average Bonchev–Trinajstić information content (AvgIpc) is 2.58. The van der Waals surface area contributed by atoms with E-state index < -0.39 is 22.5 Å². The molecule has 0 heterocycles. The fourth-order valence-corrected chi connectivity index (χ4v) is 4.62. The average molecular weight is 456 g/mol. The van der Waals surface area contributed by atoms with E-state index in [2.05, 4.69) is 5.32 Å². The van der Waals surface area contributed by atoms with Gasteiger partial charge in [-0.05, 0) is 30.3 Å². The minimum atomic E-state index is -4.01. The fourth-order valence-electron chi connectivity index (χ4n) is 2.13. The van der Waals surface area contributed by atoms with Gasteiger partial charge in [0, 0.05) is 11.6 Å². The number of carbonyl (C=O) groups is 1. The number of amides is 1. The lowest BCUT2D eigenvalue weighted by atomic mass is 10.3. The molecule has 10 heteroatoms. The van der Waals surface area contributed by atoms with Crippen molar-refractivity contribution in [3.63, 3.8) is 0 Å². The molecule has 1 N–H and O–H groups in total. The highest BCUT2D eigenvalue weighted by atomic mass is 35.5. The molecule has 0 bridgehead atoms. The molecule has 0 aliphatic carbocycles. The van der Waals surface area contributed by atoms with E-state index in [0.29, 0.717) is 5.69 Å². The van der Waals surface area contributed by atoms with Gasteiger partial charge in [0.25, 0.3) is 0 Å². The van der Waals surface area contributed by atoms with E-state index in [4.69, 9.17) is 46.4 Å². The number of sulfonamides is 1. The van der Waals surface area contributed by atoms with E-state index in [0.717, 1.165) is 4.31 Å². The molecular weight excluding hydrogens is 442 g/mol. The second kappa shape index (κ2) is 8.78. The Balaban J connectivity index is 2.24. The number of carbonyl (C=O) groups excluding carboxylic acids is 1. The number of likely N-dealkylation sites (N-methyl/N-ethyl adjacent to an activating group) is 1. The molecule has 0 aliphatic heterocycles. The molecule has 1 amide bonds. The Morgan fingerprint density at radius 1 is 1.08 bits per heavy atom. The molecule has 0 saturated carbocycles. The van der Waals surface area contributed by atoms with Gasteiger partial charge in [-0.15, -0.1) is 0 Å². The van der Waals surface area contributed by atoms with Gasteiger partial charge in [0.2, 0.25) is 15.9 Å². The summed E-state index contributed by atoms with van der Waals surface area (Å²) in [7, 11) is -4.01. The van der Waals surface area contributed by atoms with Crippen LogP contribution in [0.3, 0.4) is 0 Å². The van der Waals surface area contributed by atoms with Crippen molar-refractivity contribution in [1.29, 1.82) is 0 Å². The smallest absolute Gasteiger partial charge is 0.245 e. The summed E-state index contributed by atoms with van der Waals surface area (Å²) in [5.41, 5.74) is 0.290. The Morgan fingerprint density at radius 2 is 1.77 bits per heavy atom. The minimum absolute atomic E-state index is 0.0196. The van der Waals surface area contributed by atoms with E-state index in [1.54, 1.807) is 25.1 Å². The highest BCUT2D eigenvalue weighted by Gasteiger charge is 2.28. The standard InChI is InChI=1S/C16H14Cl4N2O3S/c1-2-22(26(24,25)14-8-10(17)6-7-11(14)18)9-15(23)21-13-5-3-4-12(19)16(13)20/h3-8H,2,9H2,1H3,(H,21,23). The minimum Gasteiger partial charge on any atom is -0.324 e. The van der Waals surface area contributed by atoms with E-state index >= 15 is 0 Å². The molecule has 2 rings (SSSR count). The summed E-state index contributed by atoms with van der Waals surface area (Å²) in [5.74, 6) is -0.572. The second-order valence-electron chi connectivity index (χ2n) is 5.16. The van der Waals surface area contributed by atoms with Gasteiger partial charge in [0.15, 0.2) is 0 Å². The zero-order valence-corrected chi connectivity index (χ0v) is 17.3. The zero-order chi connectivity index (χ0) is 19.5. The Morgan fingerprint density at radius 3 is 2.42 bits per heavy atom. The van der Waals surface area contributed by atoms with Crippen molar-refractivity contribution < 1.29 is 13.2 Å². The van der Waals surface area contributed by atoms with Gasteiger partial charge in [-0.1, -0.05) is 59.4 Å². The molecular formula is C16H14Cl4N2O3S. The summed E-state index contributed by atoms with van der Waals surface area (Å²) in [4.78, 5) is 12.1. The van der Waals surface area contributed by atoms with Crippen LogP contribution in [0.1, 0.15) is 6.92 Å². The first-order valence-corrected chi connectivity index (χ1v) is 10.3. The maximum absolute atomic E-state index is 12.8. The number of nitrogens with one attached hydrogen (secondary N) is 1. The number of benzene rings is 2. The molecule has 0 spiro atoms. The van der Waals surface area contributed by atoms with Crippen LogP contribution in [0.15, 0.2) is 41.3 Å². The lowest BCUT2D eigenvalue weighted by Gasteiger charge is -2.21. The second-order valence-corrected chi connectivity index (χ2v) is 8.69. The van der Waals surface area contributed by atoms with Crippen molar-refractivity contribution in [2.45, 2.75) is 11.8 Å². The van der Waals surface area contributed by atoms with Gasteiger partial charge in [0.1, 0.15) is 4.90 Å². The van der Waals surface area contributed by atoms with Crippen LogP contribution in [0.5, 0.6) is 0 Å². The number of rotatable bonds is 6. The van der Waals surface area contributed by atoms with Crippen molar-refractivity contribution in [2.24, 2.45) is 0 Å². The van der Waals surface area contributed by atoms with E-state index in [1.165, 1.54) is 18.2 Å². The molecule has 0 aromatic heterocycles. The maximum atomic E-state index is 12.8. The molecule has 2 aromatic carbocycles. The van der Waals surface area contributed by atoms with Gasteiger partial charge < -0.3 is 5.32 Å². The maximum Gasteiger partial charge on any atom is 0.245 e. The first kappa shape index (κ1) is 21.3. The van der Waals surface area contributed by atoms with Crippen molar-refractivity contribution >= 4 is 68.0 Å². The quantitative estimate of drug-likeness (QED) is 0.669. The third-order valence-corrected chi connectivity index (χ3v) is 6.87. The van der Waals surface area contributed by atoms with Gasteiger partial charge in [-0.25, -0.2) is 8.42 Å². The molecule has 0 saturated heterocycles. The van der Waals surface area contributed by atoms with Crippen molar-refractivity contribution in [1.82, 2.24) is 4.31 Å². The number of halogens is 4. The van der Waals surface area contributed by atoms with Crippen LogP contribution in [0.25, 0.3) is 0 Å². The normalized spacial score (nSPS) is 11.6. The predicted octanol–water partition coefficient (Wildman–Crippen LogP) is 4.95. The molecule has 0 radical (unpaired) electrons. The third-order valence-electron chi connectivity index (χ3n) is 3.41. The Hall–Kier alpha value is -1.02. The monoisotopic (exact) mass is 454 g/mol. The van der Waals surface area contributed by atoms with Crippen molar-refractivity contribution in [3.05, 3.63) is 56.5 Å². The van der Waals surface area contributed by atoms with Gasteiger partial charge in [0.05, 0.1) is 27.3 Å². The number of anilines is 1. The SMILES string of the molecule is CCN(CC(=O)Nc1cccc(Cl)c1Cl)S(=O)(=O)c1cc(Cl)ccc1Cl. The van der Waals surface area contributed by atoms with Crippen LogP contribution in [0.4, 0.5) is 5.69 Å². The topological polar surface area (TPSA) is 66.5 Å². The van der Waals surface area contributed by atoms with Crippen LogP contribution in [-0.4, -0.2) is 31.7 Å². The summed E-state index contributed by atoms with van der Waals surface area (Å²) >= 11 is 23.8. The molecule has 2 aromatic rings. The zero-order valence-electron chi connectivity index (χ0n) is 13.5. The number of hydrogen-bond donors (Lipinski definition) is 1. The molecule has 0 aliphatic rings. The van der Waals surface area contributed by atoms with E-state index in [9.17, 15) is 13.2 Å². The summed E-state index contributed by atoms with van der Waals surface area (Å²) < 4.78 is 26.6. The van der Waals surface area contributed by atoms with Crippen LogP contribution < -0.4 is 5.32 Å². The largest absolute Gasteiger partial charge is 0.324 e. The lowest BCUT2D eigenvalue weighted by Crippen LogP contribution is -2.38. The molecule has 26 heavy (non-hydrogen) atoms. The summed E-state index contributed by atoms with van der Waals surface area (Å²) in [6.07, 6.45) is 0. The van der Waals surface area contributed by atoms with E-state index in [-0.39, 0.29) is 31.5 Å². The first-order chi connectivity index (χ1) is 12.2. The summed E-state index contributed by atoms with van der Waals surface area (Å²) in [5, 5.41) is 3.23. The summed E-state index contributed by atoms with van der Waals surface area (Å²) in [6.45, 7) is 1.24. The third kappa shape index (κ3) is 4.82. The highest BCUT2D eigenvalue weighted by molar-refractivity contribution is 7.89. The number of nitrogens with zero attached hydrogens (tertiary/aromatic N) is 1. The van der Waals surface area contributed by atoms with Gasteiger partial charge in [-0.3, -0.25) is 4.79 Å². The van der Waals surface area contributed by atoms with E-state index in [1.807, 2.05) is 0 Å². The fraction of sp³-hybridized carbons (Fsp3) is 0.188. The van der Waals surface area contributed by atoms with Crippen LogP contribution >= 0.6 is 46.4 Å². The Kier molecular flexibility index (Phi) is 7.19. The number of hydrogen-bond acceptors (Lipinski definition) is 3. The highest BCUT2D eigenvalue weighted by Crippen LogP contribution is 2.30. The van der Waals surface area contributed by atoms with Gasteiger partial charge >= 0.3 is 0 Å². The summed E-state index contributed by atoms with van der Waals surface area (Å²) in [6, 6.07) is 8.86. The molecule has 0 fully saturated rings. The molecule has 0 atom stereocenters.